The highest BCUT2D eigenvalue weighted by Gasteiger charge is 2.36. The standard InChI is InChI=1S/C27H35N5O4S2/c1-16(2)36-27(34)32-18-5-3-17(4-6-18)26-30-15-23(37-26)22-11-7-19(31-20-8-12-25(33)29-14-20)13-24(22)38(28,35)21-9-10-21/h7-8,11-18,21,27-28,31-32,34H,3-6,9-10H2,1-2H3,(H,29,33). The van der Waals surface area contributed by atoms with Crippen LogP contribution in [0, 0.1) is 4.78 Å². The van der Waals surface area contributed by atoms with Crippen LogP contribution in [0.5, 0.6) is 0 Å². The average Bonchev–Trinajstić information content (AvgIpc) is 3.64. The maximum Gasteiger partial charge on any atom is 0.248 e. The topological polar surface area (TPSA) is 140 Å². The molecule has 0 radical (unpaired) electrons. The fraction of sp³-hybridized carbons (Fsp3) is 0.481. The molecule has 1 aromatic carbocycles. The van der Waals surface area contributed by atoms with Crippen LogP contribution in [-0.2, 0) is 14.5 Å². The Morgan fingerprint density at radius 1 is 1.13 bits per heavy atom. The molecule has 2 aliphatic carbocycles. The van der Waals surface area contributed by atoms with Gasteiger partial charge in [0.05, 0.1) is 36.3 Å². The number of aromatic nitrogens is 2. The number of aromatic amines is 1. The summed E-state index contributed by atoms with van der Waals surface area (Å²) in [6.45, 7) is 3.79. The van der Waals surface area contributed by atoms with Gasteiger partial charge in [-0.25, -0.2) is 14.0 Å². The van der Waals surface area contributed by atoms with Crippen molar-refractivity contribution in [1.82, 2.24) is 15.3 Å². The summed E-state index contributed by atoms with van der Waals surface area (Å²) in [5, 5.41) is 17.4. The van der Waals surface area contributed by atoms with Crippen molar-refractivity contribution in [2.24, 2.45) is 0 Å². The molecule has 0 spiro atoms. The van der Waals surface area contributed by atoms with E-state index in [4.69, 9.17) is 14.5 Å². The van der Waals surface area contributed by atoms with Gasteiger partial charge in [-0.2, -0.15) is 0 Å². The lowest BCUT2D eigenvalue weighted by Crippen LogP contribution is -2.42. The maximum absolute atomic E-state index is 13.6. The van der Waals surface area contributed by atoms with Gasteiger partial charge in [-0.3, -0.25) is 10.1 Å². The summed E-state index contributed by atoms with van der Waals surface area (Å²) in [5.41, 5.74) is 2.05. The van der Waals surface area contributed by atoms with E-state index >= 15 is 0 Å². The van der Waals surface area contributed by atoms with Crippen LogP contribution < -0.4 is 16.2 Å². The van der Waals surface area contributed by atoms with E-state index in [1.54, 1.807) is 23.6 Å². The first-order chi connectivity index (χ1) is 18.2. The highest BCUT2D eigenvalue weighted by Crippen LogP contribution is 2.43. The van der Waals surface area contributed by atoms with Crippen molar-refractivity contribution >= 4 is 32.4 Å². The number of hydrogen-bond donors (Lipinski definition) is 5. The lowest BCUT2D eigenvalue weighted by molar-refractivity contribution is -0.150. The van der Waals surface area contributed by atoms with Gasteiger partial charge in [-0.15, -0.1) is 11.3 Å². The number of nitrogens with zero attached hydrogens (tertiary/aromatic N) is 1. The first kappa shape index (κ1) is 27.0. The molecule has 0 bridgehead atoms. The molecule has 2 heterocycles. The molecule has 2 unspecified atom stereocenters. The molecule has 9 nitrogen and oxygen atoms in total. The Bertz CT molecular complexity index is 1400. The third kappa shape index (κ3) is 6.35. The van der Waals surface area contributed by atoms with Gasteiger partial charge in [0.25, 0.3) is 0 Å². The summed E-state index contributed by atoms with van der Waals surface area (Å²) < 4.78 is 27.8. The van der Waals surface area contributed by atoms with Crippen LogP contribution in [0.2, 0.25) is 0 Å². The van der Waals surface area contributed by atoms with Gasteiger partial charge in [-0.1, -0.05) is 6.07 Å². The van der Waals surface area contributed by atoms with E-state index in [-0.39, 0.29) is 23.0 Å². The SMILES string of the molecule is CC(C)OC(O)NC1CCC(c2ncc(-c3ccc(Nc4ccc(=O)[nH]c4)cc3S(=N)(=O)C3CC3)s2)CC1. The number of rotatable bonds is 10. The van der Waals surface area contributed by atoms with Gasteiger partial charge in [-0.05, 0) is 70.6 Å². The molecule has 11 heteroatoms. The summed E-state index contributed by atoms with van der Waals surface area (Å²) in [6, 6.07) is 8.98. The summed E-state index contributed by atoms with van der Waals surface area (Å²) in [5.74, 6) is 0.336. The third-order valence-corrected chi connectivity index (χ3v) is 10.6. The smallest absolute Gasteiger partial charge is 0.248 e. The Labute approximate surface area is 227 Å². The Kier molecular flexibility index (Phi) is 8.01. The lowest BCUT2D eigenvalue weighted by Gasteiger charge is -2.30. The zero-order valence-electron chi connectivity index (χ0n) is 21.6. The maximum atomic E-state index is 13.6. The van der Waals surface area contributed by atoms with Crippen molar-refractivity contribution in [3.8, 4) is 10.4 Å². The molecule has 5 rings (SSSR count). The van der Waals surface area contributed by atoms with E-state index in [1.807, 2.05) is 38.2 Å². The van der Waals surface area contributed by atoms with Crippen LogP contribution in [0.25, 0.3) is 10.4 Å². The fourth-order valence-electron chi connectivity index (χ4n) is 4.90. The second-order valence-corrected chi connectivity index (χ2v) is 13.8. The van der Waals surface area contributed by atoms with Crippen LogP contribution >= 0.6 is 11.3 Å². The first-order valence-electron chi connectivity index (χ1n) is 13.1. The largest absolute Gasteiger partial charge is 0.356 e. The highest BCUT2D eigenvalue weighted by molar-refractivity contribution is 7.93. The van der Waals surface area contributed by atoms with Gasteiger partial charge < -0.3 is 20.1 Å². The number of anilines is 2. The van der Waals surface area contributed by atoms with Gasteiger partial charge in [0, 0.05) is 46.9 Å². The molecule has 38 heavy (non-hydrogen) atoms. The average molecular weight is 558 g/mol. The molecule has 0 amide bonds. The Morgan fingerprint density at radius 3 is 2.53 bits per heavy atom. The predicted molar refractivity (Wildman–Crippen MR) is 150 cm³/mol. The molecule has 3 aromatic rings. The van der Waals surface area contributed by atoms with Crippen LogP contribution in [0.4, 0.5) is 11.4 Å². The normalized spacial score (nSPS) is 22.2. The molecular weight excluding hydrogens is 522 g/mol. The molecule has 0 aliphatic heterocycles. The third-order valence-electron chi connectivity index (χ3n) is 7.02. The number of thiazole rings is 1. The van der Waals surface area contributed by atoms with Crippen molar-refractivity contribution in [2.45, 2.75) is 87.0 Å². The monoisotopic (exact) mass is 557 g/mol. The van der Waals surface area contributed by atoms with Crippen molar-refractivity contribution in [2.75, 3.05) is 5.32 Å². The van der Waals surface area contributed by atoms with E-state index in [0.29, 0.717) is 16.5 Å². The predicted octanol–water partition coefficient (Wildman–Crippen LogP) is 5.13. The fourth-order valence-corrected chi connectivity index (χ4v) is 8.05. The Hall–Kier alpha value is -2.57. The minimum absolute atomic E-state index is 0.0421. The second kappa shape index (κ2) is 11.3. The molecule has 2 fully saturated rings. The van der Waals surface area contributed by atoms with E-state index in [9.17, 15) is 14.1 Å². The van der Waals surface area contributed by atoms with E-state index in [2.05, 4.69) is 15.6 Å². The van der Waals surface area contributed by atoms with Gasteiger partial charge >= 0.3 is 0 Å². The number of hydrogen-bond acceptors (Lipinski definition) is 9. The molecule has 0 saturated heterocycles. The number of benzene rings is 1. The Balaban J connectivity index is 1.33. The van der Waals surface area contributed by atoms with Crippen LogP contribution in [-0.4, -0.2) is 43.1 Å². The summed E-state index contributed by atoms with van der Waals surface area (Å²) in [6.07, 6.45) is 7.84. The molecule has 2 aliphatic rings. The van der Waals surface area contributed by atoms with Crippen molar-refractivity contribution in [3.63, 3.8) is 0 Å². The van der Waals surface area contributed by atoms with Crippen LogP contribution in [0.1, 0.15) is 63.3 Å². The Morgan fingerprint density at radius 2 is 1.87 bits per heavy atom. The summed E-state index contributed by atoms with van der Waals surface area (Å²) in [7, 11) is -2.97. The van der Waals surface area contributed by atoms with Crippen molar-refractivity contribution < 1.29 is 14.1 Å². The number of pyridine rings is 1. The number of aliphatic hydroxyl groups is 1. The number of ether oxygens (including phenoxy) is 1. The molecular formula is C27H35N5O4S2. The zero-order chi connectivity index (χ0) is 26.9. The lowest BCUT2D eigenvalue weighted by atomic mass is 9.86. The molecule has 2 saturated carbocycles. The zero-order valence-corrected chi connectivity index (χ0v) is 23.2. The minimum atomic E-state index is -2.97. The first-order valence-corrected chi connectivity index (χ1v) is 15.6. The second-order valence-electron chi connectivity index (χ2n) is 10.4. The molecule has 204 valence electrons. The number of aliphatic hydroxyl groups excluding tert-OH is 1. The van der Waals surface area contributed by atoms with Crippen molar-refractivity contribution in [1.29, 1.82) is 4.78 Å². The number of H-pyrrole nitrogens is 1. The number of nitrogens with one attached hydrogen (secondary N) is 4. The summed E-state index contributed by atoms with van der Waals surface area (Å²) >= 11 is 1.62. The summed E-state index contributed by atoms with van der Waals surface area (Å²) in [4.78, 5) is 20.2. The van der Waals surface area contributed by atoms with Crippen molar-refractivity contribution in [3.05, 3.63) is 58.1 Å². The van der Waals surface area contributed by atoms with Gasteiger partial charge in [0.2, 0.25) is 12.0 Å². The van der Waals surface area contributed by atoms with Crippen LogP contribution in [0.15, 0.2) is 52.4 Å². The van der Waals surface area contributed by atoms with Gasteiger partial charge in [0.15, 0.2) is 0 Å². The minimum Gasteiger partial charge on any atom is -0.356 e. The van der Waals surface area contributed by atoms with Crippen LogP contribution in [0.3, 0.4) is 0 Å². The van der Waals surface area contributed by atoms with Gasteiger partial charge in [0.1, 0.15) is 0 Å². The molecule has 2 aromatic heterocycles. The quantitative estimate of drug-likeness (QED) is 0.218. The molecule has 2 atom stereocenters. The van der Waals surface area contributed by atoms with E-state index < -0.39 is 16.1 Å². The van der Waals surface area contributed by atoms with E-state index in [1.165, 1.54) is 6.07 Å². The van der Waals surface area contributed by atoms with E-state index in [0.717, 1.165) is 59.7 Å². The highest BCUT2D eigenvalue weighted by atomic mass is 32.2. The molecule has 5 N–H and O–H groups in total.